The zero-order valence-corrected chi connectivity index (χ0v) is 18.7. The van der Waals surface area contributed by atoms with Gasteiger partial charge in [0.25, 0.3) is 0 Å². The van der Waals surface area contributed by atoms with E-state index in [0.717, 1.165) is 31.9 Å². The van der Waals surface area contributed by atoms with Crippen LogP contribution in [0.4, 0.5) is 0 Å². The van der Waals surface area contributed by atoms with Crippen molar-refractivity contribution >= 4 is 13.5 Å². The number of fused-ring (bicyclic) bond motifs is 1. The molecule has 0 atom stereocenters. The number of nitrogens with zero attached hydrogens (tertiary/aromatic N) is 2. The van der Waals surface area contributed by atoms with E-state index in [1.165, 1.54) is 22.0 Å². The number of pyridine rings is 1. The summed E-state index contributed by atoms with van der Waals surface area (Å²) < 4.78 is 6.69. The summed E-state index contributed by atoms with van der Waals surface area (Å²) in [6.45, 7) is 17.5. The van der Waals surface area contributed by atoms with Crippen molar-refractivity contribution in [1.82, 2.24) is 9.88 Å². The van der Waals surface area contributed by atoms with Crippen molar-refractivity contribution in [2.75, 3.05) is 13.1 Å². The lowest BCUT2D eigenvalue weighted by molar-refractivity contribution is 0.279. The van der Waals surface area contributed by atoms with Gasteiger partial charge in [-0.05, 0) is 35.4 Å². The Morgan fingerprint density at radius 2 is 1.67 bits per heavy atom. The highest BCUT2D eigenvalue weighted by atomic mass is 28.4. The topological polar surface area (TPSA) is 25.4 Å². The fourth-order valence-corrected chi connectivity index (χ4v) is 9.41. The van der Waals surface area contributed by atoms with Gasteiger partial charge in [0.2, 0.25) is 8.32 Å². The molecule has 1 aliphatic rings. The average molecular weight is 383 g/mol. The van der Waals surface area contributed by atoms with Crippen molar-refractivity contribution in [3.05, 3.63) is 47.7 Å². The van der Waals surface area contributed by atoms with E-state index < -0.39 is 8.32 Å². The van der Waals surface area contributed by atoms with Gasteiger partial charge < -0.3 is 4.43 Å². The molecule has 0 saturated carbocycles. The largest absolute Gasteiger partial charge is 0.407 e. The third kappa shape index (κ3) is 3.63. The Hall–Kier alpha value is -1.49. The lowest BCUT2D eigenvalue weighted by Gasteiger charge is -2.35. The predicted molar refractivity (Wildman–Crippen MR) is 117 cm³/mol. The molecule has 0 bridgehead atoms. The second-order valence-corrected chi connectivity index (χ2v) is 12.9. The molecule has 2 heterocycles. The predicted octanol–water partition coefficient (Wildman–Crippen LogP) is 5.09. The Bertz CT molecular complexity index is 761. The van der Waals surface area contributed by atoms with Gasteiger partial charge in [-0.2, -0.15) is 0 Å². The molecule has 146 valence electrons. The quantitative estimate of drug-likeness (QED) is 0.624. The Labute approximate surface area is 165 Å². The van der Waals surface area contributed by atoms with E-state index in [2.05, 4.69) is 82.8 Å². The smallest absolute Gasteiger partial charge is 0.230 e. The molecular weight excluding hydrogens is 348 g/mol. The Balaban J connectivity index is 2.20. The molecule has 0 saturated heterocycles. The van der Waals surface area contributed by atoms with Crippen LogP contribution in [0.5, 0.6) is 0 Å². The van der Waals surface area contributed by atoms with E-state index in [9.17, 15) is 0 Å². The molecule has 0 unspecified atom stereocenters. The molecule has 0 fully saturated rings. The summed E-state index contributed by atoms with van der Waals surface area (Å²) in [5, 5.41) is 1.49. The second kappa shape index (κ2) is 8.25. The first-order chi connectivity index (χ1) is 12.9. The van der Waals surface area contributed by atoms with Crippen LogP contribution in [0.2, 0.25) is 11.1 Å². The van der Waals surface area contributed by atoms with Gasteiger partial charge in [0.05, 0.1) is 18.0 Å². The fourth-order valence-electron chi connectivity index (χ4n) is 4.57. The van der Waals surface area contributed by atoms with Gasteiger partial charge in [0.1, 0.15) is 0 Å². The summed E-state index contributed by atoms with van der Waals surface area (Å²) in [5.41, 5.74) is 5.97. The monoisotopic (exact) mass is 382 g/mol. The van der Waals surface area contributed by atoms with E-state index in [-0.39, 0.29) is 0 Å². The van der Waals surface area contributed by atoms with Crippen LogP contribution in [-0.2, 0) is 17.6 Å². The summed E-state index contributed by atoms with van der Waals surface area (Å²) in [7, 11) is -2.03. The molecule has 0 aliphatic carbocycles. The van der Waals surface area contributed by atoms with Crippen molar-refractivity contribution < 1.29 is 4.43 Å². The summed E-state index contributed by atoms with van der Waals surface area (Å²) in [4.78, 5) is 7.58. The van der Waals surface area contributed by atoms with Gasteiger partial charge in [0, 0.05) is 17.7 Å². The van der Waals surface area contributed by atoms with Crippen LogP contribution in [0, 0.1) is 0 Å². The zero-order chi connectivity index (χ0) is 19.6. The zero-order valence-electron chi connectivity index (χ0n) is 17.7. The van der Waals surface area contributed by atoms with E-state index in [1.807, 2.05) is 0 Å². The number of benzene rings is 1. The Morgan fingerprint density at radius 3 is 2.22 bits per heavy atom. The lowest BCUT2D eigenvalue weighted by Crippen LogP contribution is -2.52. The van der Waals surface area contributed by atoms with Crippen molar-refractivity contribution in [1.29, 1.82) is 0 Å². The number of hydrogen-bond acceptors (Lipinski definition) is 3. The number of hydrogen-bond donors (Lipinski definition) is 0. The van der Waals surface area contributed by atoms with Gasteiger partial charge in [-0.25, -0.2) is 0 Å². The molecule has 27 heavy (non-hydrogen) atoms. The summed E-state index contributed by atoms with van der Waals surface area (Å²) in [6.07, 6.45) is 0. The summed E-state index contributed by atoms with van der Waals surface area (Å²) >= 11 is 0. The average Bonchev–Trinajstić information content (AvgIpc) is 3.07. The van der Waals surface area contributed by atoms with Crippen LogP contribution < -0.4 is 5.19 Å². The minimum absolute atomic E-state index is 0.547. The number of aromatic nitrogens is 1. The van der Waals surface area contributed by atoms with E-state index >= 15 is 0 Å². The second-order valence-electron chi connectivity index (χ2n) is 8.20. The highest BCUT2D eigenvalue weighted by Gasteiger charge is 2.50. The Morgan fingerprint density at radius 1 is 1.04 bits per heavy atom. The summed E-state index contributed by atoms with van der Waals surface area (Å²) in [6, 6.07) is 13.0. The van der Waals surface area contributed by atoms with Crippen LogP contribution in [0.3, 0.4) is 0 Å². The molecule has 2 aromatic rings. The molecule has 0 amide bonds. The molecule has 1 aromatic heterocycles. The molecule has 4 heteroatoms. The standard InChI is InChI=1S/C23H34N2OSi/c1-7-25(8-2)15-22-20-16-26-27(17(3)4,18(5)6)23(20)14-21(24-22)19-12-10-9-11-13-19/h9-14,17-18H,7-8,15-16H2,1-6H3. The highest BCUT2D eigenvalue weighted by Crippen LogP contribution is 2.40. The third-order valence-electron chi connectivity index (χ3n) is 6.14. The molecule has 3 rings (SSSR count). The summed E-state index contributed by atoms with van der Waals surface area (Å²) in [5.74, 6) is 0. The van der Waals surface area contributed by atoms with Crippen LogP contribution in [0.15, 0.2) is 36.4 Å². The first kappa shape index (κ1) is 20.2. The van der Waals surface area contributed by atoms with Crippen molar-refractivity contribution in [3.8, 4) is 11.3 Å². The normalized spacial score (nSPS) is 15.7. The van der Waals surface area contributed by atoms with Crippen LogP contribution in [0.1, 0.15) is 52.8 Å². The molecular formula is C23H34N2OSi. The molecule has 0 spiro atoms. The van der Waals surface area contributed by atoms with E-state index in [4.69, 9.17) is 9.41 Å². The van der Waals surface area contributed by atoms with E-state index in [1.54, 1.807) is 0 Å². The Kier molecular flexibility index (Phi) is 6.19. The fraction of sp³-hybridized carbons (Fsp3) is 0.522. The highest BCUT2D eigenvalue weighted by molar-refractivity contribution is 6.89. The van der Waals surface area contributed by atoms with E-state index in [0.29, 0.717) is 11.1 Å². The van der Waals surface area contributed by atoms with Gasteiger partial charge >= 0.3 is 0 Å². The minimum Gasteiger partial charge on any atom is -0.407 e. The van der Waals surface area contributed by atoms with Gasteiger partial charge in [-0.3, -0.25) is 9.88 Å². The van der Waals surface area contributed by atoms with Crippen LogP contribution in [0.25, 0.3) is 11.3 Å². The first-order valence-corrected chi connectivity index (χ1v) is 12.4. The molecule has 1 aliphatic heterocycles. The maximum absolute atomic E-state index is 6.69. The third-order valence-corrected chi connectivity index (χ3v) is 11.5. The van der Waals surface area contributed by atoms with Crippen molar-refractivity contribution in [3.63, 3.8) is 0 Å². The minimum atomic E-state index is -2.03. The van der Waals surface area contributed by atoms with Gasteiger partial charge in [0.15, 0.2) is 0 Å². The maximum atomic E-state index is 6.69. The molecule has 3 nitrogen and oxygen atoms in total. The SMILES string of the molecule is CCN(CC)Cc1nc(-c2ccccc2)cc2c1CO[Si]2(C(C)C)C(C)C. The molecule has 0 N–H and O–H groups in total. The van der Waals surface area contributed by atoms with Gasteiger partial charge in [-0.15, -0.1) is 0 Å². The van der Waals surface area contributed by atoms with Crippen LogP contribution >= 0.6 is 0 Å². The number of rotatable bonds is 7. The van der Waals surface area contributed by atoms with Gasteiger partial charge in [-0.1, -0.05) is 71.9 Å². The van der Waals surface area contributed by atoms with Crippen molar-refractivity contribution in [2.45, 2.75) is 65.8 Å². The van der Waals surface area contributed by atoms with Crippen molar-refractivity contribution in [2.24, 2.45) is 0 Å². The molecule has 1 aromatic carbocycles. The first-order valence-electron chi connectivity index (χ1n) is 10.4. The maximum Gasteiger partial charge on any atom is 0.230 e. The lowest BCUT2D eigenvalue weighted by atomic mass is 10.1. The van der Waals surface area contributed by atoms with Crippen LogP contribution in [-0.4, -0.2) is 31.3 Å². The molecule has 0 radical (unpaired) electrons.